The lowest BCUT2D eigenvalue weighted by Crippen LogP contribution is -1.80. The average Bonchev–Trinajstić information content (AvgIpc) is 2.26. The summed E-state index contributed by atoms with van der Waals surface area (Å²) in [6, 6.07) is 10.3. The minimum absolute atomic E-state index is 0.875. The standard InChI is InChI=1S/C12H10BrN/c13-7-3-4-10-8-11-5-1-2-6-12(11)14-9-10/h1-6,8-9H,7H2/b4-3+. The molecule has 0 saturated carbocycles. The summed E-state index contributed by atoms with van der Waals surface area (Å²) in [4.78, 5) is 4.37. The molecule has 0 aliphatic rings. The van der Waals surface area contributed by atoms with E-state index in [1.807, 2.05) is 24.4 Å². The Bertz CT molecular complexity index is 463. The van der Waals surface area contributed by atoms with Crippen LogP contribution >= 0.6 is 15.9 Å². The number of nitrogens with zero attached hydrogens (tertiary/aromatic N) is 1. The average molecular weight is 248 g/mol. The number of alkyl halides is 1. The molecule has 0 unspecified atom stereocenters. The van der Waals surface area contributed by atoms with Gasteiger partial charge in [0.1, 0.15) is 0 Å². The molecule has 0 amide bonds. The molecule has 0 saturated heterocycles. The molecule has 0 aliphatic carbocycles. The van der Waals surface area contributed by atoms with Gasteiger partial charge in [-0.1, -0.05) is 46.3 Å². The van der Waals surface area contributed by atoms with Gasteiger partial charge in [0.25, 0.3) is 0 Å². The van der Waals surface area contributed by atoms with E-state index in [2.05, 4.69) is 45.2 Å². The first kappa shape index (κ1) is 9.41. The molecule has 14 heavy (non-hydrogen) atoms. The summed E-state index contributed by atoms with van der Waals surface area (Å²) in [7, 11) is 0. The maximum Gasteiger partial charge on any atom is 0.0702 e. The third kappa shape index (κ3) is 2.02. The summed E-state index contributed by atoms with van der Waals surface area (Å²) in [5, 5.41) is 2.06. The van der Waals surface area contributed by atoms with Crippen LogP contribution in [0.1, 0.15) is 5.56 Å². The SMILES string of the molecule is BrC/C=C/c1cnc2ccccc2c1. The molecule has 2 aromatic rings. The smallest absolute Gasteiger partial charge is 0.0702 e. The summed E-state index contributed by atoms with van der Waals surface area (Å²) in [6.45, 7) is 0. The Balaban J connectivity index is 2.46. The van der Waals surface area contributed by atoms with Crippen molar-refractivity contribution in [3.8, 4) is 0 Å². The van der Waals surface area contributed by atoms with Gasteiger partial charge < -0.3 is 0 Å². The normalized spacial score (nSPS) is 11.2. The number of rotatable bonds is 2. The Kier molecular flexibility index (Phi) is 2.94. The summed E-state index contributed by atoms with van der Waals surface area (Å²) >= 11 is 3.35. The van der Waals surface area contributed by atoms with Crippen LogP contribution in [-0.4, -0.2) is 10.3 Å². The highest BCUT2D eigenvalue weighted by molar-refractivity contribution is 9.09. The van der Waals surface area contributed by atoms with Crippen LogP contribution < -0.4 is 0 Å². The highest BCUT2D eigenvalue weighted by Gasteiger charge is 1.93. The summed E-state index contributed by atoms with van der Waals surface area (Å²) in [5.74, 6) is 0. The number of fused-ring (bicyclic) bond motifs is 1. The first-order valence-corrected chi connectivity index (χ1v) is 5.59. The Morgan fingerprint density at radius 2 is 2.14 bits per heavy atom. The highest BCUT2D eigenvalue weighted by atomic mass is 79.9. The van der Waals surface area contributed by atoms with Gasteiger partial charge in [-0.15, -0.1) is 0 Å². The number of pyridine rings is 1. The first-order valence-electron chi connectivity index (χ1n) is 4.47. The van der Waals surface area contributed by atoms with Crippen LogP contribution in [0.15, 0.2) is 42.6 Å². The van der Waals surface area contributed by atoms with Gasteiger partial charge in [0, 0.05) is 16.9 Å². The fourth-order valence-corrected chi connectivity index (χ4v) is 1.55. The van der Waals surface area contributed by atoms with Gasteiger partial charge >= 0.3 is 0 Å². The number of para-hydroxylation sites is 1. The summed E-state index contributed by atoms with van der Waals surface area (Å²) in [5.41, 5.74) is 2.19. The van der Waals surface area contributed by atoms with E-state index in [9.17, 15) is 0 Å². The van der Waals surface area contributed by atoms with Gasteiger partial charge in [-0.05, 0) is 17.7 Å². The van der Waals surface area contributed by atoms with Crippen molar-refractivity contribution in [3.63, 3.8) is 0 Å². The van der Waals surface area contributed by atoms with Gasteiger partial charge in [-0.25, -0.2) is 0 Å². The second kappa shape index (κ2) is 4.38. The van der Waals surface area contributed by atoms with Crippen molar-refractivity contribution in [1.82, 2.24) is 4.98 Å². The quantitative estimate of drug-likeness (QED) is 0.739. The highest BCUT2D eigenvalue weighted by Crippen LogP contribution is 2.13. The second-order valence-electron chi connectivity index (χ2n) is 3.02. The van der Waals surface area contributed by atoms with Gasteiger partial charge in [0.15, 0.2) is 0 Å². The Labute approximate surface area is 91.6 Å². The predicted octanol–water partition coefficient (Wildman–Crippen LogP) is 3.64. The van der Waals surface area contributed by atoms with Gasteiger partial charge in [0.2, 0.25) is 0 Å². The number of hydrogen-bond acceptors (Lipinski definition) is 1. The Morgan fingerprint density at radius 1 is 1.29 bits per heavy atom. The monoisotopic (exact) mass is 247 g/mol. The molecule has 0 N–H and O–H groups in total. The van der Waals surface area contributed by atoms with Crippen molar-refractivity contribution in [1.29, 1.82) is 0 Å². The molecule has 2 heteroatoms. The molecule has 1 nitrogen and oxygen atoms in total. The number of hydrogen-bond donors (Lipinski definition) is 0. The molecule has 1 aromatic heterocycles. The molecule has 70 valence electrons. The lowest BCUT2D eigenvalue weighted by atomic mass is 10.1. The van der Waals surface area contributed by atoms with Crippen LogP contribution in [0.25, 0.3) is 17.0 Å². The maximum atomic E-state index is 4.37. The Morgan fingerprint density at radius 3 is 3.00 bits per heavy atom. The van der Waals surface area contributed by atoms with Gasteiger partial charge in [0.05, 0.1) is 5.52 Å². The molecule has 0 fully saturated rings. The Hall–Kier alpha value is -1.15. The summed E-state index contributed by atoms with van der Waals surface area (Å²) in [6.07, 6.45) is 6.02. The van der Waals surface area contributed by atoms with E-state index in [1.165, 1.54) is 5.39 Å². The molecule has 0 radical (unpaired) electrons. The van der Waals surface area contributed by atoms with E-state index in [0.717, 1.165) is 16.4 Å². The molecular weight excluding hydrogens is 238 g/mol. The molecule has 1 aromatic carbocycles. The fraction of sp³-hybridized carbons (Fsp3) is 0.0833. The molecular formula is C12H10BrN. The van der Waals surface area contributed by atoms with E-state index in [4.69, 9.17) is 0 Å². The van der Waals surface area contributed by atoms with Crippen LogP contribution in [0.4, 0.5) is 0 Å². The third-order valence-corrected chi connectivity index (χ3v) is 2.38. The molecule has 2 rings (SSSR count). The molecule has 0 bridgehead atoms. The van der Waals surface area contributed by atoms with Crippen LogP contribution in [0.5, 0.6) is 0 Å². The minimum Gasteiger partial charge on any atom is -0.256 e. The van der Waals surface area contributed by atoms with Crippen molar-refractivity contribution in [3.05, 3.63) is 48.2 Å². The van der Waals surface area contributed by atoms with Crippen molar-refractivity contribution in [2.75, 3.05) is 5.33 Å². The van der Waals surface area contributed by atoms with Crippen LogP contribution in [0.2, 0.25) is 0 Å². The van der Waals surface area contributed by atoms with Crippen LogP contribution in [-0.2, 0) is 0 Å². The zero-order chi connectivity index (χ0) is 9.80. The van der Waals surface area contributed by atoms with Crippen molar-refractivity contribution in [2.45, 2.75) is 0 Å². The molecule has 0 atom stereocenters. The topological polar surface area (TPSA) is 12.9 Å². The number of aromatic nitrogens is 1. The van der Waals surface area contributed by atoms with Crippen molar-refractivity contribution < 1.29 is 0 Å². The van der Waals surface area contributed by atoms with E-state index in [-0.39, 0.29) is 0 Å². The molecule has 0 aliphatic heterocycles. The minimum atomic E-state index is 0.875. The van der Waals surface area contributed by atoms with E-state index >= 15 is 0 Å². The number of benzene rings is 1. The van der Waals surface area contributed by atoms with Crippen LogP contribution in [0, 0.1) is 0 Å². The lowest BCUT2D eigenvalue weighted by Gasteiger charge is -1.97. The van der Waals surface area contributed by atoms with Crippen molar-refractivity contribution in [2.24, 2.45) is 0 Å². The zero-order valence-corrected chi connectivity index (χ0v) is 9.24. The maximum absolute atomic E-state index is 4.37. The summed E-state index contributed by atoms with van der Waals surface area (Å²) < 4.78 is 0. The van der Waals surface area contributed by atoms with Crippen LogP contribution in [0.3, 0.4) is 0 Å². The predicted molar refractivity (Wildman–Crippen MR) is 64.6 cm³/mol. The van der Waals surface area contributed by atoms with E-state index in [1.54, 1.807) is 0 Å². The fourth-order valence-electron chi connectivity index (χ4n) is 1.36. The largest absolute Gasteiger partial charge is 0.256 e. The lowest BCUT2D eigenvalue weighted by molar-refractivity contribution is 1.40. The van der Waals surface area contributed by atoms with Gasteiger partial charge in [-0.3, -0.25) is 4.98 Å². The second-order valence-corrected chi connectivity index (χ2v) is 3.67. The van der Waals surface area contributed by atoms with E-state index < -0.39 is 0 Å². The van der Waals surface area contributed by atoms with E-state index in [0.29, 0.717) is 0 Å². The third-order valence-electron chi connectivity index (χ3n) is 2.01. The zero-order valence-electron chi connectivity index (χ0n) is 7.65. The molecule has 1 heterocycles. The number of allylic oxidation sites excluding steroid dienone is 1. The first-order chi connectivity index (χ1) is 6.90. The number of halogens is 1. The van der Waals surface area contributed by atoms with Gasteiger partial charge in [-0.2, -0.15) is 0 Å². The molecule has 0 spiro atoms. The van der Waals surface area contributed by atoms with Crippen molar-refractivity contribution >= 4 is 32.9 Å².